The predicted octanol–water partition coefficient (Wildman–Crippen LogP) is 6.47. The van der Waals surface area contributed by atoms with Crippen molar-refractivity contribution >= 4 is 29.7 Å². The first-order chi connectivity index (χ1) is 14.9. The molecule has 0 radical (unpaired) electrons. The molecule has 176 valence electrons. The first kappa shape index (κ1) is 24.6. The van der Waals surface area contributed by atoms with E-state index in [4.69, 9.17) is 16.1 Å². The zero-order valence-corrected chi connectivity index (χ0v) is 17.9. The molecule has 0 spiro atoms. The van der Waals surface area contributed by atoms with Gasteiger partial charge in [-0.15, -0.1) is 12.4 Å². The minimum Gasteiger partial charge on any atom is -0.481 e. The lowest BCUT2D eigenvalue weighted by Gasteiger charge is -2.20. The zero-order valence-electron chi connectivity index (χ0n) is 16.3. The molecule has 0 aliphatic rings. The van der Waals surface area contributed by atoms with Crippen LogP contribution in [0.15, 0.2) is 47.1 Å². The van der Waals surface area contributed by atoms with Crippen molar-refractivity contribution in [2.45, 2.75) is 25.4 Å². The third kappa shape index (κ3) is 4.86. The van der Waals surface area contributed by atoms with Gasteiger partial charge in [0.1, 0.15) is 16.5 Å². The molecule has 0 amide bonds. The molecule has 4 aromatic rings. The van der Waals surface area contributed by atoms with Gasteiger partial charge in [-0.2, -0.15) is 31.3 Å². The average molecular weight is 513 g/mol. The fourth-order valence-electron chi connectivity index (χ4n) is 2.86. The molecule has 33 heavy (non-hydrogen) atoms. The van der Waals surface area contributed by atoms with Crippen molar-refractivity contribution < 1.29 is 35.6 Å². The van der Waals surface area contributed by atoms with Crippen molar-refractivity contribution in [3.8, 4) is 28.7 Å². The van der Waals surface area contributed by atoms with E-state index in [0.717, 1.165) is 12.1 Å². The largest absolute Gasteiger partial charge is 0.481 e. The van der Waals surface area contributed by atoms with E-state index in [0.29, 0.717) is 24.3 Å². The van der Waals surface area contributed by atoms with Crippen LogP contribution in [0.3, 0.4) is 0 Å². The minimum absolute atomic E-state index is 0. The Morgan fingerprint density at radius 1 is 1.09 bits per heavy atom. The van der Waals surface area contributed by atoms with Crippen LogP contribution in [0.5, 0.6) is 5.75 Å². The van der Waals surface area contributed by atoms with Crippen molar-refractivity contribution in [1.82, 2.24) is 19.5 Å². The molecule has 0 aliphatic heterocycles. The lowest BCUT2D eigenvalue weighted by atomic mass is 10.1. The summed E-state index contributed by atoms with van der Waals surface area (Å²) in [6.45, 7) is 0.611. The number of halogens is 8. The molecule has 6 nitrogen and oxygen atoms in total. The summed E-state index contributed by atoms with van der Waals surface area (Å²) in [5, 5.41) is 4.03. The maximum absolute atomic E-state index is 13.5. The van der Waals surface area contributed by atoms with E-state index >= 15 is 0 Å². The summed E-state index contributed by atoms with van der Waals surface area (Å²) in [5.74, 6) is -1.24. The van der Waals surface area contributed by atoms with Gasteiger partial charge in [0.2, 0.25) is 5.82 Å². The summed E-state index contributed by atoms with van der Waals surface area (Å²) in [6.07, 6.45) is -10.9. The van der Waals surface area contributed by atoms with Crippen LogP contribution in [0.2, 0.25) is 5.15 Å². The van der Waals surface area contributed by atoms with Crippen molar-refractivity contribution in [2.24, 2.45) is 0 Å². The number of benzene rings is 1. The van der Waals surface area contributed by atoms with Gasteiger partial charge in [-0.3, -0.25) is 4.40 Å². The standard InChI is InChI=1S/C19H11ClF6N4O2.ClH/c1-9(18(21,22)23)31-13-6-5-10(7-11(13)19(24,25)26)17-28-16(29-32-17)12-3-2-4-15-27-8-14(20)30(12)15;/h2-9H,1H3;1H. The van der Waals surface area contributed by atoms with Gasteiger partial charge in [-0.05, 0) is 37.3 Å². The van der Waals surface area contributed by atoms with E-state index in [1.165, 1.54) is 10.6 Å². The molecule has 0 N–H and O–H groups in total. The van der Waals surface area contributed by atoms with Crippen molar-refractivity contribution in [2.75, 3.05) is 0 Å². The van der Waals surface area contributed by atoms with Crippen molar-refractivity contribution in [1.29, 1.82) is 0 Å². The third-order valence-electron chi connectivity index (χ3n) is 4.44. The molecule has 1 unspecified atom stereocenters. The number of rotatable bonds is 4. The molecule has 3 heterocycles. The highest BCUT2D eigenvalue weighted by atomic mass is 35.5. The van der Waals surface area contributed by atoms with Crippen LogP contribution in [0, 0.1) is 0 Å². The van der Waals surface area contributed by atoms with Gasteiger partial charge >= 0.3 is 12.4 Å². The summed E-state index contributed by atoms with van der Waals surface area (Å²) in [5.41, 5.74) is -0.717. The molecule has 0 aliphatic carbocycles. The van der Waals surface area contributed by atoms with E-state index in [2.05, 4.69) is 19.9 Å². The normalized spacial score (nSPS) is 13.1. The fourth-order valence-corrected chi connectivity index (χ4v) is 3.09. The topological polar surface area (TPSA) is 65.5 Å². The van der Waals surface area contributed by atoms with E-state index in [1.807, 2.05) is 0 Å². The number of nitrogens with zero attached hydrogens (tertiary/aromatic N) is 4. The molecule has 3 aromatic heterocycles. The van der Waals surface area contributed by atoms with E-state index in [-0.39, 0.29) is 34.8 Å². The lowest BCUT2D eigenvalue weighted by molar-refractivity contribution is -0.191. The number of pyridine rings is 1. The summed E-state index contributed by atoms with van der Waals surface area (Å²) in [6, 6.07) is 7.38. The zero-order chi connectivity index (χ0) is 23.3. The Morgan fingerprint density at radius 3 is 2.48 bits per heavy atom. The van der Waals surface area contributed by atoms with Crippen molar-refractivity contribution in [3.63, 3.8) is 0 Å². The molecule has 0 saturated carbocycles. The Labute approximate surface area is 192 Å². The second-order valence-electron chi connectivity index (χ2n) is 6.62. The number of ether oxygens (including phenoxy) is 1. The first-order valence-corrected chi connectivity index (χ1v) is 9.24. The van der Waals surface area contributed by atoms with Crippen molar-refractivity contribution in [3.05, 3.63) is 53.3 Å². The van der Waals surface area contributed by atoms with Crippen LogP contribution in [0.1, 0.15) is 12.5 Å². The van der Waals surface area contributed by atoms with Gasteiger partial charge in [-0.1, -0.05) is 22.8 Å². The summed E-state index contributed by atoms with van der Waals surface area (Å²) >= 11 is 6.11. The van der Waals surface area contributed by atoms with Crippen LogP contribution in [0.4, 0.5) is 26.3 Å². The summed E-state index contributed by atoms with van der Waals surface area (Å²) in [7, 11) is 0. The number of hydrogen-bond donors (Lipinski definition) is 0. The Bertz CT molecular complexity index is 1290. The van der Waals surface area contributed by atoms with Gasteiger partial charge in [-0.25, -0.2) is 4.98 Å². The van der Waals surface area contributed by atoms with Crippen LogP contribution >= 0.6 is 24.0 Å². The molecule has 0 fully saturated rings. The molecule has 1 aromatic carbocycles. The van der Waals surface area contributed by atoms with E-state index in [9.17, 15) is 26.3 Å². The van der Waals surface area contributed by atoms with Crippen LogP contribution < -0.4 is 4.74 Å². The summed E-state index contributed by atoms with van der Waals surface area (Å²) in [4.78, 5) is 8.19. The average Bonchev–Trinajstić information content (AvgIpc) is 3.34. The number of alkyl halides is 6. The maximum atomic E-state index is 13.5. The Balaban J connectivity index is 0.00000306. The Hall–Kier alpha value is -2.99. The molecule has 1 atom stereocenters. The van der Waals surface area contributed by atoms with Gasteiger partial charge in [0.25, 0.3) is 5.89 Å². The van der Waals surface area contributed by atoms with E-state index in [1.54, 1.807) is 18.2 Å². The predicted molar refractivity (Wildman–Crippen MR) is 107 cm³/mol. The molecular formula is C19H12Cl2F6N4O2. The highest BCUT2D eigenvalue weighted by molar-refractivity contribution is 6.29. The number of imidazole rings is 1. The SMILES string of the molecule is CC(Oc1ccc(-c2nc(-c3cccc4ncc(Cl)n34)no2)cc1C(F)(F)F)C(F)(F)F.Cl. The first-order valence-electron chi connectivity index (χ1n) is 8.86. The quantitative estimate of drug-likeness (QED) is 0.293. The monoisotopic (exact) mass is 512 g/mol. The lowest BCUT2D eigenvalue weighted by Crippen LogP contribution is -2.31. The number of hydrogen-bond acceptors (Lipinski definition) is 5. The number of aromatic nitrogens is 4. The smallest absolute Gasteiger partial charge is 0.425 e. The minimum atomic E-state index is -4.99. The second-order valence-corrected chi connectivity index (χ2v) is 7.01. The number of fused-ring (bicyclic) bond motifs is 1. The van der Waals surface area contributed by atoms with Gasteiger partial charge in [0.15, 0.2) is 6.10 Å². The van der Waals surface area contributed by atoms with Gasteiger partial charge in [0, 0.05) is 5.56 Å². The van der Waals surface area contributed by atoms with Crippen LogP contribution in [0.25, 0.3) is 28.6 Å². The molecule has 4 rings (SSSR count). The molecular weight excluding hydrogens is 501 g/mol. The fraction of sp³-hybridized carbons (Fsp3) is 0.211. The maximum Gasteiger partial charge on any atom is 0.425 e. The van der Waals surface area contributed by atoms with Crippen LogP contribution in [-0.4, -0.2) is 31.8 Å². The van der Waals surface area contributed by atoms with Gasteiger partial charge < -0.3 is 9.26 Å². The highest BCUT2D eigenvalue weighted by Gasteiger charge is 2.41. The van der Waals surface area contributed by atoms with E-state index < -0.39 is 29.8 Å². The molecule has 14 heteroatoms. The highest BCUT2D eigenvalue weighted by Crippen LogP contribution is 2.40. The molecule has 0 saturated heterocycles. The summed E-state index contributed by atoms with van der Waals surface area (Å²) < 4.78 is 89.8. The third-order valence-corrected chi connectivity index (χ3v) is 4.70. The second kappa shape index (κ2) is 8.75. The Morgan fingerprint density at radius 2 is 1.82 bits per heavy atom. The van der Waals surface area contributed by atoms with Crippen LogP contribution in [-0.2, 0) is 6.18 Å². The Kier molecular flexibility index (Phi) is 6.53. The van der Waals surface area contributed by atoms with Gasteiger partial charge in [0.05, 0.1) is 17.5 Å². The molecule has 0 bridgehead atoms.